The van der Waals surface area contributed by atoms with E-state index in [1.54, 1.807) is 31.4 Å². The molecule has 0 saturated carbocycles. The molecule has 1 aromatic heterocycles. The summed E-state index contributed by atoms with van der Waals surface area (Å²) in [7, 11) is 3.03. The minimum absolute atomic E-state index is 0.133. The number of benzene rings is 2. The van der Waals surface area contributed by atoms with E-state index in [4.69, 9.17) is 23.4 Å². The molecule has 3 rings (SSSR count). The molecule has 0 aliphatic heterocycles. The second-order valence-corrected chi connectivity index (χ2v) is 9.69. The smallest absolute Gasteiger partial charge is 0.311 e. The van der Waals surface area contributed by atoms with Gasteiger partial charge in [-0.1, -0.05) is 31.4 Å². The van der Waals surface area contributed by atoms with E-state index in [0.717, 1.165) is 12.8 Å². The number of carbonyl (C=O) groups is 3. The molecule has 41 heavy (non-hydrogen) atoms. The van der Waals surface area contributed by atoms with Crippen LogP contribution < -0.4 is 19.6 Å². The number of esters is 2. The average Bonchev–Trinajstić information content (AvgIpc) is 2.94. The zero-order valence-electron chi connectivity index (χ0n) is 23.6. The summed E-state index contributed by atoms with van der Waals surface area (Å²) < 4.78 is 26.6. The van der Waals surface area contributed by atoms with E-state index >= 15 is 0 Å². The van der Waals surface area contributed by atoms with Gasteiger partial charge in [-0.15, -0.1) is 0 Å². The van der Waals surface area contributed by atoms with E-state index in [9.17, 15) is 24.3 Å². The fraction of sp³-hybridized carbons (Fsp3) is 0.419. The summed E-state index contributed by atoms with van der Waals surface area (Å²) in [4.78, 5) is 48.4. The maximum Gasteiger partial charge on any atom is 0.311 e. The van der Waals surface area contributed by atoms with Gasteiger partial charge in [-0.2, -0.15) is 0 Å². The second-order valence-electron chi connectivity index (χ2n) is 9.69. The van der Waals surface area contributed by atoms with Crippen LogP contribution in [0.15, 0.2) is 51.9 Å². The second kappa shape index (κ2) is 15.6. The third kappa shape index (κ3) is 9.18. The minimum Gasteiger partial charge on any atom is -0.493 e. The zero-order valence-corrected chi connectivity index (χ0v) is 23.6. The van der Waals surface area contributed by atoms with Crippen LogP contribution in [-0.2, 0) is 19.1 Å². The van der Waals surface area contributed by atoms with Crippen LogP contribution in [0.5, 0.6) is 17.2 Å². The highest BCUT2D eigenvalue weighted by atomic mass is 16.6. The van der Waals surface area contributed by atoms with Gasteiger partial charge in [-0.25, -0.2) is 0 Å². The monoisotopic (exact) mass is 568 g/mol. The summed E-state index contributed by atoms with van der Waals surface area (Å²) in [5.41, 5.74) is 0.802. The summed E-state index contributed by atoms with van der Waals surface area (Å²) in [6.07, 6.45) is 6.25. The predicted octanol–water partition coefficient (Wildman–Crippen LogP) is 5.77. The van der Waals surface area contributed by atoms with Gasteiger partial charge in [-0.05, 0) is 49.4 Å². The molecule has 0 aliphatic rings. The minimum atomic E-state index is -0.791. The molecule has 1 atom stereocenters. The number of hydrogen-bond acceptors (Lipinski definition) is 9. The molecule has 1 N–H and O–H groups in total. The molecule has 0 fully saturated rings. The lowest BCUT2D eigenvalue weighted by Gasteiger charge is -2.12. The number of ether oxygens (including phenoxy) is 4. The Morgan fingerprint density at radius 2 is 1.61 bits per heavy atom. The third-order valence-electron chi connectivity index (χ3n) is 6.64. The average molecular weight is 569 g/mol. The van der Waals surface area contributed by atoms with Crippen molar-refractivity contribution in [1.29, 1.82) is 0 Å². The van der Waals surface area contributed by atoms with Gasteiger partial charge in [0.2, 0.25) is 5.43 Å². The van der Waals surface area contributed by atoms with Crippen LogP contribution in [0.1, 0.15) is 58.3 Å². The normalized spacial score (nSPS) is 11.7. The summed E-state index contributed by atoms with van der Waals surface area (Å²) in [5.74, 6) is -1.40. The molecule has 0 saturated heterocycles. The molecule has 220 valence electrons. The standard InChI is InChI=1S/C31H36O10/c1-20(32)40-23-14-12-21(13-15-23)25-19-39-26-18-28(27(38-3)17-24(26)30(25)34)41-29(33)11-6-4-5-9-22(31(35)36)10-7-8-16-37-2/h12-15,17-19,22H,4-11,16H2,1-3H3,(H,35,36). The number of carboxylic acids is 1. The fourth-order valence-corrected chi connectivity index (χ4v) is 4.48. The van der Waals surface area contributed by atoms with Gasteiger partial charge in [0.05, 0.1) is 24.0 Å². The maximum absolute atomic E-state index is 13.2. The van der Waals surface area contributed by atoms with Crippen LogP contribution in [0.4, 0.5) is 0 Å². The number of fused-ring (bicyclic) bond motifs is 1. The van der Waals surface area contributed by atoms with Gasteiger partial charge in [0.25, 0.3) is 0 Å². The Labute approximate surface area is 238 Å². The van der Waals surface area contributed by atoms with Crippen LogP contribution >= 0.6 is 0 Å². The quantitative estimate of drug-likeness (QED) is 0.129. The van der Waals surface area contributed by atoms with E-state index in [1.807, 2.05) is 0 Å². The first-order valence-electron chi connectivity index (χ1n) is 13.6. The highest BCUT2D eigenvalue weighted by Crippen LogP contribution is 2.33. The van der Waals surface area contributed by atoms with Crippen LogP contribution in [0.3, 0.4) is 0 Å². The number of unbranched alkanes of at least 4 members (excludes halogenated alkanes) is 3. The van der Waals surface area contributed by atoms with Crippen molar-refractivity contribution < 1.29 is 42.9 Å². The summed E-state index contributed by atoms with van der Waals surface area (Å²) in [5, 5.41) is 9.68. The van der Waals surface area contributed by atoms with Crippen molar-refractivity contribution in [2.75, 3.05) is 20.8 Å². The molecule has 2 aromatic carbocycles. The van der Waals surface area contributed by atoms with Gasteiger partial charge in [0.1, 0.15) is 17.6 Å². The molecule has 10 heteroatoms. The van der Waals surface area contributed by atoms with Crippen molar-refractivity contribution in [2.45, 2.75) is 58.3 Å². The van der Waals surface area contributed by atoms with Crippen LogP contribution in [-0.4, -0.2) is 43.8 Å². The highest BCUT2D eigenvalue weighted by Gasteiger charge is 2.18. The van der Waals surface area contributed by atoms with Gasteiger partial charge in [0, 0.05) is 33.1 Å². The van der Waals surface area contributed by atoms with E-state index in [-0.39, 0.29) is 34.3 Å². The molecular formula is C31H36O10. The van der Waals surface area contributed by atoms with Crippen LogP contribution in [0, 0.1) is 5.92 Å². The van der Waals surface area contributed by atoms with E-state index < -0.39 is 23.8 Å². The molecule has 0 bridgehead atoms. The topological polar surface area (TPSA) is 139 Å². The molecular weight excluding hydrogens is 532 g/mol. The molecule has 1 unspecified atom stereocenters. The Morgan fingerprint density at radius 3 is 2.24 bits per heavy atom. The van der Waals surface area contributed by atoms with Gasteiger partial charge in [-0.3, -0.25) is 19.2 Å². The molecule has 0 aliphatic carbocycles. The van der Waals surface area contributed by atoms with Gasteiger partial charge < -0.3 is 28.5 Å². The molecule has 0 radical (unpaired) electrons. The molecule has 3 aromatic rings. The Balaban J connectivity index is 1.60. The van der Waals surface area contributed by atoms with Crippen molar-refractivity contribution in [2.24, 2.45) is 5.92 Å². The van der Waals surface area contributed by atoms with E-state index in [2.05, 4.69) is 0 Å². The highest BCUT2D eigenvalue weighted by molar-refractivity contribution is 5.86. The summed E-state index contributed by atoms with van der Waals surface area (Å²) >= 11 is 0. The van der Waals surface area contributed by atoms with E-state index in [0.29, 0.717) is 55.6 Å². The Morgan fingerprint density at radius 1 is 0.902 bits per heavy atom. The zero-order chi connectivity index (χ0) is 29.8. The molecule has 10 nitrogen and oxygen atoms in total. The SMILES string of the molecule is COCCCCC(CCCCCC(=O)Oc1cc2occ(-c3ccc(OC(C)=O)cc3)c(=O)c2cc1OC)C(=O)O. The summed E-state index contributed by atoms with van der Waals surface area (Å²) in [6, 6.07) is 9.38. The van der Waals surface area contributed by atoms with Gasteiger partial charge in [0.15, 0.2) is 11.5 Å². The number of hydrogen-bond donors (Lipinski definition) is 1. The van der Waals surface area contributed by atoms with Crippen molar-refractivity contribution in [3.8, 4) is 28.4 Å². The lowest BCUT2D eigenvalue weighted by atomic mass is 9.95. The van der Waals surface area contributed by atoms with Crippen molar-refractivity contribution in [1.82, 2.24) is 0 Å². The predicted molar refractivity (Wildman–Crippen MR) is 151 cm³/mol. The first kappa shape index (κ1) is 31.3. The number of carboxylic acid groups (broad SMARTS) is 1. The first-order valence-corrected chi connectivity index (χ1v) is 13.6. The van der Waals surface area contributed by atoms with Crippen molar-refractivity contribution in [3.63, 3.8) is 0 Å². The molecule has 0 amide bonds. The number of carbonyl (C=O) groups excluding carboxylic acids is 2. The van der Waals surface area contributed by atoms with E-state index in [1.165, 1.54) is 32.4 Å². The fourth-order valence-electron chi connectivity index (χ4n) is 4.48. The third-order valence-corrected chi connectivity index (χ3v) is 6.64. The lowest BCUT2D eigenvalue weighted by molar-refractivity contribution is -0.142. The Bertz CT molecular complexity index is 1390. The maximum atomic E-state index is 13.2. The van der Waals surface area contributed by atoms with Crippen LogP contribution in [0.25, 0.3) is 22.1 Å². The molecule has 1 heterocycles. The number of rotatable bonds is 16. The number of methoxy groups -OCH3 is 2. The van der Waals surface area contributed by atoms with Crippen molar-refractivity contribution in [3.05, 3.63) is 52.9 Å². The Hall–Kier alpha value is -4.18. The van der Waals surface area contributed by atoms with Crippen molar-refractivity contribution >= 4 is 28.9 Å². The largest absolute Gasteiger partial charge is 0.493 e. The first-order chi connectivity index (χ1) is 19.7. The lowest BCUT2D eigenvalue weighted by Crippen LogP contribution is -2.14. The van der Waals surface area contributed by atoms with Crippen LogP contribution in [0.2, 0.25) is 0 Å². The molecule has 0 spiro atoms. The van der Waals surface area contributed by atoms with Gasteiger partial charge >= 0.3 is 17.9 Å². The number of aliphatic carboxylic acids is 1. The Kier molecular flexibility index (Phi) is 11.9. The summed E-state index contributed by atoms with van der Waals surface area (Å²) in [6.45, 7) is 1.93.